The first-order valence-electron chi connectivity index (χ1n) is 4.53. The molecule has 4 nitrogen and oxygen atoms in total. The van der Waals surface area contributed by atoms with Crippen molar-refractivity contribution in [1.82, 2.24) is 9.38 Å². The molecule has 0 bridgehead atoms. The number of nitrogens with zero attached hydrogens (tertiary/aromatic N) is 2. The standard InChI is InChI=1S/C10H13N3O/c1-7-12-5-10-8(9(11)6-14)3-2-4-13(7)10/h2-5,9,14H,6,11H2,1H3. The van der Waals surface area contributed by atoms with Crippen LogP contribution in [0.3, 0.4) is 0 Å². The quantitative estimate of drug-likeness (QED) is 0.732. The van der Waals surface area contributed by atoms with E-state index in [9.17, 15) is 0 Å². The summed E-state index contributed by atoms with van der Waals surface area (Å²) >= 11 is 0. The van der Waals surface area contributed by atoms with Crippen molar-refractivity contribution in [2.24, 2.45) is 5.73 Å². The maximum absolute atomic E-state index is 9.00. The average molecular weight is 191 g/mol. The van der Waals surface area contributed by atoms with Crippen molar-refractivity contribution in [3.05, 3.63) is 35.9 Å². The first-order valence-corrected chi connectivity index (χ1v) is 4.53. The van der Waals surface area contributed by atoms with Crippen molar-refractivity contribution in [3.8, 4) is 0 Å². The Hall–Kier alpha value is -1.39. The smallest absolute Gasteiger partial charge is 0.110 e. The van der Waals surface area contributed by atoms with Gasteiger partial charge in [-0.05, 0) is 18.6 Å². The summed E-state index contributed by atoms with van der Waals surface area (Å²) in [6, 6.07) is 3.49. The molecule has 2 heterocycles. The molecule has 0 aliphatic heterocycles. The Kier molecular flexibility index (Phi) is 2.23. The van der Waals surface area contributed by atoms with Crippen LogP contribution in [0.1, 0.15) is 17.4 Å². The summed E-state index contributed by atoms with van der Waals surface area (Å²) in [5.41, 5.74) is 7.67. The molecule has 0 fully saturated rings. The van der Waals surface area contributed by atoms with Crippen LogP contribution < -0.4 is 5.73 Å². The van der Waals surface area contributed by atoms with Gasteiger partial charge in [-0.15, -0.1) is 0 Å². The van der Waals surface area contributed by atoms with Gasteiger partial charge in [-0.2, -0.15) is 0 Å². The monoisotopic (exact) mass is 191 g/mol. The van der Waals surface area contributed by atoms with Gasteiger partial charge in [-0.1, -0.05) is 6.07 Å². The van der Waals surface area contributed by atoms with Crippen LogP contribution >= 0.6 is 0 Å². The maximum Gasteiger partial charge on any atom is 0.110 e. The molecule has 2 rings (SSSR count). The van der Waals surface area contributed by atoms with Gasteiger partial charge >= 0.3 is 0 Å². The molecule has 4 heteroatoms. The zero-order valence-corrected chi connectivity index (χ0v) is 8.01. The lowest BCUT2D eigenvalue weighted by atomic mass is 10.1. The van der Waals surface area contributed by atoms with Crippen LogP contribution in [0.25, 0.3) is 5.52 Å². The van der Waals surface area contributed by atoms with Crippen LogP contribution in [0.4, 0.5) is 0 Å². The van der Waals surface area contributed by atoms with Crippen molar-refractivity contribution in [3.63, 3.8) is 0 Å². The molecule has 2 aromatic rings. The lowest BCUT2D eigenvalue weighted by Crippen LogP contribution is -2.15. The molecule has 1 unspecified atom stereocenters. The van der Waals surface area contributed by atoms with Crippen molar-refractivity contribution in [2.75, 3.05) is 6.61 Å². The van der Waals surface area contributed by atoms with E-state index in [1.54, 1.807) is 6.20 Å². The second-order valence-corrected chi connectivity index (χ2v) is 3.31. The molecule has 14 heavy (non-hydrogen) atoms. The molecule has 0 spiro atoms. The minimum Gasteiger partial charge on any atom is -0.394 e. The largest absolute Gasteiger partial charge is 0.394 e. The molecule has 0 aromatic carbocycles. The van der Waals surface area contributed by atoms with Crippen LogP contribution in [0.5, 0.6) is 0 Å². The van der Waals surface area contributed by atoms with E-state index >= 15 is 0 Å². The number of rotatable bonds is 2. The van der Waals surface area contributed by atoms with Gasteiger partial charge in [0.05, 0.1) is 24.4 Å². The van der Waals surface area contributed by atoms with Gasteiger partial charge in [0, 0.05) is 6.20 Å². The van der Waals surface area contributed by atoms with Gasteiger partial charge in [-0.3, -0.25) is 0 Å². The van der Waals surface area contributed by atoms with Crippen LogP contribution in [0, 0.1) is 6.92 Å². The zero-order valence-electron chi connectivity index (χ0n) is 8.01. The predicted octanol–water partition coefficient (Wildman–Crippen LogP) is 0.635. The summed E-state index contributed by atoms with van der Waals surface area (Å²) in [6.45, 7) is 1.88. The number of aliphatic hydroxyl groups is 1. The lowest BCUT2D eigenvalue weighted by Gasteiger charge is -2.10. The number of aliphatic hydroxyl groups excluding tert-OH is 1. The molecule has 0 saturated carbocycles. The first kappa shape index (κ1) is 9.18. The number of fused-ring (bicyclic) bond motifs is 1. The van der Waals surface area contributed by atoms with E-state index in [0.29, 0.717) is 0 Å². The van der Waals surface area contributed by atoms with Crippen LogP contribution in [0.2, 0.25) is 0 Å². The molecule has 0 aliphatic rings. The Bertz CT molecular complexity index is 450. The van der Waals surface area contributed by atoms with Crippen molar-refractivity contribution in [1.29, 1.82) is 0 Å². The van der Waals surface area contributed by atoms with Crippen LogP contribution in [-0.2, 0) is 0 Å². The number of pyridine rings is 1. The molecule has 2 aromatic heterocycles. The molecule has 0 amide bonds. The second-order valence-electron chi connectivity index (χ2n) is 3.31. The minimum atomic E-state index is -0.338. The lowest BCUT2D eigenvalue weighted by molar-refractivity contribution is 0.268. The summed E-state index contributed by atoms with van der Waals surface area (Å²) < 4.78 is 1.96. The molecular weight excluding hydrogens is 178 g/mol. The van der Waals surface area contributed by atoms with E-state index in [4.69, 9.17) is 10.8 Å². The van der Waals surface area contributed by atoms with E-state index in [1.165, 1.54) is 0 Å². The van der Waals surface area contributed by atoms with Crippen LogP contribution in [-0.4, -0.2) is 21.1 Å². The highest BCUT2D eigenvalue weighted by Gasteiger charge is 2.09. The SMILES string of the molecule is Cc1ncc2c(C(N)CO)cccn12. The minimum absolute atomic E-state index is 0.0517. The number of imidazole rings is 1. The van der Waals surface area contributed by atoms with Gasteiger partial charge in [0.15, 0.2) is 0 Å². The first-order chi connectivity index (χ1) is 6.74. The number of hydrogen-bond acceptors (Lipinski definition) is 3. The zero-order chi connectivity index (χ0) is 10.1. The highest BCUT2D eigenvalue weighted by molar-refractivity contribution is 5.55. The number of aromatic nitrogens is 2. The normalized spacial score (nSPS) is 13.4. The molecule has 0 aliphatic carbocycles. The Morgan fingerprint density at radius 1 is 1.64 bits per heavy atom. The number of aryl methyl sites for hydroxylation is 1. The van der Waals surface area contributed by atoms with Gasteiger partial charge in [-0.25, -0.2) is 4.98 Å². The third-order valence-corrected chi connectivity index (χ3v) is 2.38. The average Bonchev–Trinajstić information content (AvgIpc) is 2.59. The number of hydrogen-bond donors (Lipinski definition) is 2. The van der Waals surface area contributed by atoms with Crippen molar-refractivity contribution < 1.29 is 5.11 Å². The summed E-state index contributed by atoms with van der Waals surface area (Å²) in [4.78, 5) is 4.20. The maximum atomic E-state index is 9.00. The number of nitrogens with two attached hydrogens (primary N) is 1. The summed E-state index contributed by atoms with van der Waals surface area (Å²) in [6.07, 6.45) is 3.71. The molecule has 74 valence electrons. The molecular formula is C10H13N3O. The second kappa shape index (κ2) is 3.40. The van der Waals surface area contributed by atoms with E-state index in [1.807, 2.05) is 29.7 Å². The fourth-order valence-electron chi connectivity index (χ4n) is 1.59. The van der Waals surface area contributed by atoms with Crippen molar-refractivity contribution >= 4 is 5.52 Å². The van der Waals surface area contributed by atoms with E-state index < -0.39 is 0 Å². The van der Waals surface area contributed by atoms with E-state index in [2.05, 4.69) is 4.98 Å². The van der Waals surface area contributed by atoms with Gasteiger partial charge in [0.2, 0.25) is 0 Å². The molecule has 0 saturated heterocycles. The fraction of sp³-hybridized carbons (Fsp3) is 0.300. The summed E-state index contributed by atoms with van der Waals surface area (Å²) in [5, 5.41) is 9.00. The molecule has 0 radical (unpaired) electrons. The van der Waals surface area contributed by atoms with Crippen molar-refractivity contribution in [2.45, 2.75) is 13.0 Å². The van der Waals surface area contributed by atoms with Crippen LogP contribution in [0.15, 0.2) is 24.5 Å². The Balaban J connectivity index is 2.65. The van der Waals surface area contributed by atoms with Gasteiger partial charge < -0.3 is 15.2 Å². The Labute approximate surface area is 82.0 Å². The Morgan fingerprint density at radius 2 is 2.43 bits per heavy atom. The van der Waals surface area contributed by atoms with Gasteiger partial charge in [0.25, 0.3) is 0 Å². The molecule has 3 N–H and O–H groups in total. The summed E-state index contributed by atoms with van der Waals surface area (Å²) in [5.74, 6) is 0.923. The van der Waals surface area contributed by atoms with E-state index in [0.717, 1.165) is 16.9 Å². The highest BCUT2D eigenvalue weighted by Crippen LogP contribution is 2.17. The molecule has 1 atom stereocenters. The third-order valence-electron chi connectivity index (χ3n) is 2.38. The highest BCUT2D eigenvalue weighted by atomic mass is 16.3. The van der Waals surface area contributed by atoms with Gasteiger partial charge in [0.1, 0.15) is 5.82 Å². The summed E-state index contributed by atoms with van der Waals surface area (Å²) in [7, 11) is 0. The van der Waals surface area contributed by atoms with E-state index in [-0.39, 0.29) is 12.6 Å². The Morgan fingerprint density at radius 3 is 3.14 bits per heavy atom. The topological polar surface area (TPSA) is 63.5 Å². The third kappa shape index (κ3) is 1.29. The fourth-order valence-corrected chi connectivity index (χ4v) is 1.59. The predicted molar refractivity (Wildman–Crippen MR) is 53.9 cm³/mol.